The molecular formula is C40H52Cl2Zr-2. The van der Waals surface area contributed by atoms with Crippen molar-refractivity contribution in [1.29, 1.82) is 0 Å². The zero-order chi connectivity index (χ0) is 29.7. The first-order chi connectivity index (χ1) is 19.1. The Kier molecular flexibility index (Phi) is 11.8. The number of hydrogen-bond donors (Lipinski definition) is 0. The van der Waals surface area contributed by atoms with Crippen LogP contribution in [-0.2, 0) is 35.1 Å². The van der Waals surface area contributed by atoms with Gasteiger partial charge in [-0.2, -0.15) is 6.08 Å². The molecule has 0 N–H and O–H groups in total. The molecule has 232 valence electrons. The second-order valence-corrected chi connectivity index (χ2v) is 18.6. The Bertz CT molecular complexity index is 1380. The molecule has 43 heavy (non-hydrogen) atoms. The molecular weight excluding hydrogens is 643 g/mol. The van der Waals surface area contributed by atoms with Gasteiger partial charge in [0.05, 0.1) is 0 Å². The average molecular weight is 695 g/mol. The van der Waals surface area contributed by atoms with E-state index >= 15 is 0 Å². The van der Waals surface area contributed by atoms with Crippen LogP contribution in [0, 0.1) is 35.2 Å². The van der Waals surface area contributed by atoms with Crippen LogP contribution in [0.3, 0.4) is 0 Å². The molecule has 0 aromatic heterocycles. The second kappa shape index (κ2) is 13.9. The zero-order valence-electron chi connectivity index (χ0n) is 28.0. The number of benzene rings is 2. The molecule has 5 aliphatic rings. The van der Waals surface area contributed by atoms with Gasteiger partial charge in [0.1, 0.15) is 0 Å². The van der Waals surface area contributed by atoms with E-state index in [0.29, 0.717) is 11.3 Å². The van der Waals surface area contributed by atoms with Crippen LogP contribution in [0.5, 0.6) is 0 Å². The van der Waals surface area contributed by atoms with Crippen molar-refractivity contribution in [2.45, 2.75) is 112 Å². The third kappa shape index (κ3) is 8.29. The van der Waals surface area contributed by atoms with Crippen molar-refractivity contribution < 1.29 is 49.0 Å². The first kappa shape index (κ1) is 36.6. The Morgan fingerprint density at radius 3 is 1.49 bits per heavy atom. The standard InChI is InChI=1S/C21H25.C16H21.C3H6.2ClH.Zr/c1-20(2,3)16-9-7-14-11-15-8-10-17(21(4,5)6)13-19(15)18(14)12-16;1-11-2-3-15(4-11)16-8-12-5-13(9-16)7-14(6-12)10-16;1-3-2;;;/h7-13H,1-6H3;2-3,11-14H,5-10H2,1H3;1-2H3;2*1H;/q2*-1;;;;+2/p-2. The largest absolute Gasteiger partial charge is 1.00 e. The van der Waals surface area contributed by atoms with Crippen molar-refractivity contribution in [3.8, 4) is 0 Å². The van der Waals surface area contributed by atoms with Crippen LogP contribution in [0.15, 0.2) is 60.2 Å². The maximum absolute atomic E-state index is 3.72. The van der Waals surface area contributed by atoms with E-state index in [2.05, 4.69) is 123 Å². The van der Waals surface area contributed by atoms with Crippen molar-refractivity contribution in [3.63, 3.8) is 0 Å². The number of rotatable bonds is 1. The Morgan fingerprint density at radius 2 is 1.16 bits per heavy atom. The molecule has 4 fully saturated rings. The normalized spacial score (nSPS) is 27.0. The molecule has 3 aromatic rings. The van der Waals surface area contributed by atoms with Crippen molar-refractivity contribution >= 4 is 24.8 Å². The molecule has 3 aromatic carbocycles. The molecule has 0 heterocycles. The van der Waals surface area contributed by atoms with Crippen LogP contribution >= 0.6 is 0 Å². The Labute approximate surface area is 290 Å². The van der Waals surface area contributed by atoms with Gasteiger partial charge in [-0.15, -0.1) is 39.7 Å². The SMILES string of the molecule is CC(C)(C)c1ccc2[cH-]c3ccc(C(C)(C)C)cc3c2c1.CC1[C-]=C(C23CC4CC(CC(C4)C2)C3)C=C1.C[C](C)=[Zr+2].[Cl-].[Cl-]. The van der Waals surface area contributed by atoms with E-state index in [1.807, 2.05) is 0 Å². The molecule has 0 aliphatic heterocycles. The summed E-state index contributed by atoms with van der Waals surface area (Å²) in [5.41, 5.74) is 5.38. The monoisotopic (exact) mass is 692 g/mol. The fourth-order valence-electron chi connectivity index (χ4n) is 8.28. The first-order valence-corrected chi connectivity index (χ1v) is 17.3. The van der Waals surface area contributed by atoms with Gasteiger partial charge >= 0.3 is 41.3 Å². The summed E-state index contributed by atoms with van der Waals surface area (Å²) in [5.74, 6) is 3.75. The van der Waals surface area contributed by atoms with Crippen LogP contribution in [-0.4, -0.2) is 3.21 Å². The van der Waals surface area contributed by atoms with Gasteiger partial charge < -0.3 is 24.8 Å². The van der Waals surface area contributed by atoms with E-state index in [0.717, 1.165) is 17.8 Å². The van der Waals surface area contributed by atoms with Gasteiger partial charge in [0, 0.05) is 0 Å². The summed E-state index contributed by atoms with van der Waals surface area (Å²) >= 11 is 1.55. The van der Waals surface area contributed by atoms with E-state index in [1.165, 1.54) is 55.1 Å². The zero-order valence-corrected chi connectivity index (χ0v) is 32.0. The minimum atomic E-state index is 0. The molecule has 0 radical (unpaired) electrons. The molecule has 4 bridgehead atoms. The van der Waals surface area contributed by atoms with E-state index in [1.54, 1.807) is 49.1 Å². The van der Waals surface area contributed by atoms with Gasteiger partial charge in [-0.25, -0.2) is 11.6 Å². The van der Waals surface area contributed by atoms with Crippen molar-refractivity contribution in [2.75, 3.05) is 0 Å². The molecule has 0 spiro atoms. The second-order valence-electron chi connectivity index (χ2n) is 16.2. The van der Waals surface area contributed by atoms with E-state index in [-0.39, 0.29) is 35.6 Å². The molecule has 0 amide bonds. The predicted molar refractivity (Wildman–Crippen MR) is 176 cm³/mol. The van der Waals surface area contributed by atoms with Crippen molar-refractivity contribution in [2.24, 2.45) is 29.1 Å². The summed E-state index contributed by atoms with van der Waals surface area (Å²) in [6, 6.07) is 16.1. The average Bonchev–Trinajstić information content (AvgIpc) is 3.45. The number of fused-ring (bicyclic) bond motifs is 3. The van der Waals surface area contributed by atoms with Crippen LogP contribution in [0.4, 0.5) is 0 Å². The fourth-order valence-corrected chi connectivity index (χ4v) is 8.28. The molecule has 1 atom stereocenters. The van der Waals surface area contributed by atoms with Crippen LogP contribution < -0.4 is 24.8 Å². The molecule has 5 aliphatic carbocycles. The maximum Gasteiger partial charge on any atom is -1.00 e. The first-order valence-electron chi connectivity index (χ1n) is 16.1. The minimum Gasteiger partial charge on any atom is -1.00 e. The van der Waals surface area contributed by atoms with Crippen LogP contribution in [0.1, 0.15) is 112 Å². The quantitative estimate of drug-likeness (QED) is 0.308. The summed E-state index contributed by atoms with van der Waals surface area (Å²) in [7, 11) is 0. The van der Waals surface area contributed by atoms with Crippen LogP contribution in [0.2, 0.25) is 0 Å². The van der Waals surface area contributed by atoms with Gasteiger partial charge in [0.25, 0.3) is 0 Å². The maximum atomic E-state index is 3.72. The van der Waals surface area contributed by atoms with Crippen molar-refractivity contribution in [3.05, 3.63) is 77.4 Å². The molecule has 4 saturated carbocycles. The molecule has 0 nitrogen and oxygen atoms in total. The van der Waals surface area contributed by atoms with E-state index < -0.39 is 0 Å². The molecule has 0 saturated heterocycles. The minimum absolute atomic E-state index is 0. The summed E-state index contributed by atoms with van der Waals surface area (Å²) in [4.78, 5) is 0. The number of hydrogen-bond acceptors (Lipinski definition) is 0. The van der Waals surface area contributed by atoms with Gasteiger partial charge in [-0.05, 0) is 72.5 Å². The van der Waals surface area contributed by atoms with Gasteiger partial charge in [0.15, 0.2) is 0 Å². The molecule has 1 unspecified atom stereocenters. The Morgan fingerprint density at radius 1 is 0.767 bits per heavy atom. The van der Waals surface area contributed by atoms with Gasteiger partial charge in [-0.3, -0.25) is 6.08 Å². The number of halogens is 2. The summed E-state index contributed by atoms with van der Waals surface area (Å²) < 4.78 is 1.51. The van der Waals surface area contributed by atoms with Gasteiger partial charge in [-0.1, -0.05) is 89.8 Å². The molecule has 3 heteroatoms. The molecule has 8 rings (SSSR count). The van der Waals surface area contributed by atoms with Gasteiger partial charge in [0.2, 0.25) is 0 Å². The van der Waals surface area contributed by atoms with Crippen molar-refractivity contribution in [1.82, 2.24) is 0 Å². The summed E-state index contributed by atoms with van der Waals surface area (Å²) in [6.07, 6.45) is 17.6. The Balaban J connectivity index is 0.000000205. The predicted octanol–water partition coefficient (Wildman–Crippen LogP) is 5.20. The van der Waals surface area contributed by atoms with Crippen LogP contribution in [0.25, 0.3) is 21.5 Å². The Hall–Kier alpha value is -0.877. The smallest absolute Gasteiger partial charge is 1.00 e. The van der Waals surface area contributed by atoms with E-state index in [9.17, 15) is 0 Å². The topological polar surface area (TPSA) is 0 Å². The third-order valence-corrected chi connectivity index (χ3v) is 9.98. The van der Waals surface area contributed by atoms with E-state index in [4.69, 9.17) is 0 Å². The summed E-state index contributed by atoms with van der Waals surface area (Å²) in [6.45, 7) is 20.2. The fraction of sp³-hybridized carbons (Fsp3) is 0.550. The number of allylic oxidation sites excluding steroid dienone is 4. The summed E-state index contributed by atoms with van der Waals surface area (Å²) in [5, 5.41) is 5.49. The third-order valence-electron chi connectivity index (χ3n) is 9.98.